The second kappa shape index (κ2) is 7.59. The van der Waals surface area contributed by atoms with Gasteiger partial charge >= 0.3 is 0 Å². The first-order valence-corrected chi connectivity index (χ1v) is 10.0. The maximum absolute atomic E-state index is 13.5. The minimum atomic E-state index is -0.0192. The number of rotatable bonds is 5. The summed E-state index contributed by atoms with van der Waals surface area (Å²) in [6.07, 6.45) is 0. The molecule has 2 aliphatic rings. The molecule has 0 aliphatic carbocycles. The molecule has 0 spiro atoms. The number of carbonyl (C=O) groups excluding carboxylic acids is 1. The molecule has 2 aromatic rings. The molecule has 6 nitrogen and oxygen atoms in total. The van der Waals surface area contributed by atoms with E-state index in [9.17, 15) is 4.79 Å². The minimum Gasteiger partial charge on any atom is -0.493 e. The lowest BCUT2D eigenvalue weighted by molar-refractivity contribution is 0.0556. The van der Waals surface area contributed by atoms with E-state index < -0.39 is 0 Å². The molecule has 0 unspecified atom stereocenters. The molecule has 1 aromatic heterocycles. The van der Waals surface area contributed by atoms with Crippen LogP contribution in [0.1, 0.15) is 47.3 Å². The summed E-state index contributed by atoms with van der Waals surface area (Å²) in [7, 11) is 0. The van der Waals surface area contributed by atoms with E-state index >= 15 is 0 Å². The number of amides is 1. The van der Waals surface area contributed by atoms with Crippen LogP contribution in [0.3, 0.4) is 0 Å². The zero-order valence-electron chi connectivity index (χ0n) is 17.0. The number of hydrogen-bond donors (Lipinski definition) is 0. The lowest BCUT2D eigenvalue weighted by Crippen LogP contribution is -2.35. The van der Waals surface area contributed by atoms with Gasteiger partial charge < -0.3 is 18.9 Å². The predicted octanol–water partition coefficient (Wildman–Crippen LogP) is 3.79. The number of benzene rings is 1. The van der Waals surface area contributed by atoms with Crippen molar-refractivity contribution >= 4 is 5.91 Å². The molecule has 1 amide bonds. The number of likely N-dealkylation sites (tertiary alicyclic amines) is 1. The van der Waals surface area contributed by atoms with Gasteiger partial charge in [0.05, 0.1) is 24.9 Å². The number of aryl methyl sites for hydroxylation is 2. The highest BCUT2D eigenvalue weighted by Gasteiger charge is 2.48. The number of hydrogen-bond acceptors (Lipinski definition) is 5. The fraction of sp³-hybridized carbons (Fsp3) is 0.545. The molecule has 28 heavy (non-hydrogen) atoms. The first-order valence-electron chi connectivity index (χ1n) is 10.0. The predicted molar refractivity (Wildman–Crippen MR) is 104 cm³/mol. The molecule has 0 N–H and O–H groups in total. The molecule has 1 aromatic carbocycles. The summed E-state index contributed by atoms with van der Waals surface area (Å²) in [4.78, 5) is 15.5. The van der Waals surface area contributed by atoms with E-state index in [1.807, 2.05) is 30.0 Å². The molecular weight excluding hydrogens is 356 g/mol. The second-order valence-corrected chi connectivity index (χ2v) is 8.31. The van der Waals surface area contributed by atoms with Crippen LogP contribution >= 0.6 is 0 Å². The van der Waals surface area contributed by atoms with Crippen LogP contribution in [0, 0.1) is 31.6 Å². The minimum absolute atomic E-state index is 0.0150. The van der Waals surface area contributed by atoms with Crippen molar-refractivity contribution in [1.82, 2.24) is 10.1 Å². The fourth-order valence-corrected chi connectivity index (χ4v) is 4.43. The second-order valence-electron chi connectivity index (χ2n) is 8.31. The molecule has 0 bridgehead atoms. The van der Waals surface area contributed by atoms with E-state index in [1.54, 1.807) is 6.92 Å². The Labute approximate surface area is 165 Å². The number of fused-ring (bicyclic) bond motifs is 3. The smallest absolute Gasteiger partial charge is 0.259 e. The van der Waals surface area contributed by atoms with Crippen molar-refractivity contribution in [3.63, 3.8) is 0 Å². The highest BCUT2D eigenvalue weighted by molar-refractivity contribution is 5.96. The maximum atomic E-state index is 13.5. The van der Waals surface area contributed by atoms with Crippen molar-refractivity contribution in [2.24, 2.45) is 17.8 Å². The first kappa shape index (κ1) is 19.0. The first-order chi connectivity index (χ1) is 13.5. The van der Waals surface area contributed by atoms with Gasteiger partial charge in [-0.25, -0.2) is 0 Å². The summed E-state index contributed by atoms with van der Waals surface area (Å²) >= 11 is 0. The van der Waals surface area contributed by atoms with Crippen molar-refractivity contribution in [3.8, 4) is 5.75 Å². The largest absolute Gasteiger partial charge is 0.493 e. The average molecular weight is 384 g/mol. The van der Waals surface area contributed by atoms with Gasteiger partial charge in [-0.1, -0.05) is 37.2 Å². The number of aromatic nitrogens is 1. The Morgan fingerprint density at radius 3 is 2.82 bits per heavy atom. The van der Waals surface area contributed by atoms with Crippen LogP contribution in [0.15, 0.2) is 28.8 Å². The van der Waals surface area contributed by atoms with Gasteiger partial charge in [-0.2, -0.15) is 0 Å². The van der Waals surface area contributed by atoms with Gasteiger partial charge in [0, 0.05) is 30.6 Å². The zero-order chi connectivity index (χ0) is 19.8. The van der Waals surface area contributed by atoms with Crippen molar-refractivity contribution in [2.75, 3.05) is 26.4 Å². The van der Waals surface area contributed by atoms with Crippen LogP contribution in [0.5, 0.6) is 5.75 Å². The van der Waals surface area contributed by atoms with Gasteiger partial charge in [0.15, 0.2) is 0 Å². The van der Waals surface area contributed by atoms with E-state index in [0.29, 0.717) is 42.7 Å². The van der Waals surface area contributed by atoms with E-state index in [4.69, 9.17) is 14.0 Å². The number of nitrogens with zero attached hydrogens (tertiary/aromatic N) is 2. The Morgan fingerprint density at radius 1 is 1.32 bits per heavy atom. The highest BCUT2D eigenvalue weighted by atomic mass is 16.5. The third-order valence-electron chi connectivity index (χ3n) is 5.74. The molecule has 4 rings (SSSR count). The molecule has 2 aliphatic heterocycles. The Bertz CT molecular complexity index is 840. The van der Waals surface area contributed by atoms with Crippen molar-refractivity contribution in [2.45, 2.75) is 33.7 Å². The fourth-order valence-electron chi connectivity index (χ4n) is 4.43. The molecular formula is C22H28N2O4. The van der Waals surface area contributed by atoms with Crippen LogP contribution in [0.2, 0.25) is 0 Å². The van der Waals surface area contributed by atoms with Crippen molar-refractivity contribution in [3.05, 3.63) is 46.8 Å². The third-order valence-corrected chi connectivity index (χ3v) is 5.74. The molecule has 6 heteroatoms. The summed E-state index contributed by atoms with van der Waals surface area (Å²) < 4.78 is 17.2. The van der Waals surface area contributed by atoms with Crippen molar-refractivity contribution in [1.29, 1.82) is 0 Å². The molecule has 0 saturated carbocycles. The van der Waals surface area contributed by atoms with Gasteiger partial charge in [-0.15, -0.1) is 0 Å². The van der Waals surface area contributed by atoms with Crippen molar-refractivity contribution < 1.29 is 18.8 Å². The molecule has 3 heterocycles. The van der Waals surface area contributed by atoms with E-state index in [0.717, 1.165) is 17.9 Å². The summed E-state index contributed by atoms with van der Waals surface area (Å²) in [6.45, 7) is 10.5. The molecule has 0 radical (unpaired) electrons. The Kier molecular flexibility index (Phi) is 5.15. The Hall–Kier alpha value is -2.34. The zero-order valence-corrected chi connectivity index (χ0v) is 17.0. The normalized spacial score (nSPS) is 23.5. The Morgan fingerprint density at radius 2 is 2.11 bits per heavy atom. The summed E-state index contributed by atoms with van der Waals surface area (Å²) in [6, 6.07) is 8.01. The van der Waals surface area contributed by atoms with Crippen LogP contribution < -0.4 is 4.74 Å². The van der Waals surface area contributed by atoms with Crippen LogP contribution in [0.25, 0.3) is 0 Å². The highest BCUT2D eigenvalue weighted by Crippen LogP contribution is 2.48. The summed E-state index contributed by atoms with van der Waals surface area (Å²) in [5.74, 6) is 2.35. The lowest BCUT2D eigenvalue weighted by Gasteiger charge is -2.34. The number of para-hydroxylation sites is 1. The molecule has 1 fully saturated rings. The van der Waals surface area contributed by atoms with Gasteiger partial charge in [-0.3, -0.25) is 4.79 Å². The van der Waals surface area contributed by atoms with Gasteiger partial charge in [-0.05, 0) is 25.8 Å². The van der Waals surface area contributed by atoms with Crippen LogP contribution in [0.4, 0.5) is 0 Å². The Balaban J connectivity index is 1.66. The van der Waals surface area contributed by atoms with E-state index in [-0.39, 0.29) is 23.8 Å². The quantitative estimate of drug-likeness (QED) is 0.785. The van der Waals surface area contributed by atoms with Crippen LogP contribution in [-0.4, -0.2) is 42.3 Å². The average Bonchev–Trinajstić information content (AvgIpc) is 3.21. The molecule has 3 atom stereocenters. The number of carbonyl (C=O) groups is 1. The standard InChI is InChI=1S/C22H28N2O4/c1-13(2)10-26-11-16-9-24(22(25)20-14(3)23-28-15(20)4)21-17-7-5-6-8-19(17)27-12-18(16)21/h5-8,13,16,18,21H,9-12H2,1-4H3/t16-,18-,21-/m0/s1. The van der Waals surface area contributed by atoms with Gasteiger partial charge in [0.25, 0.3) is 5.91 Å². The van der Waals surface area contributed by atoms with Gasteiger partial charge in [0.2, 0.25) is 0 Å². The molecule has 1 saturated heterocycles. The maximum Gasteiger partial charge on any atom is 0.259 e. The summed E-state index contributed by atoms with van der Waals surface area (Å²) in [5.41, 5.74) is 2.29. The third kappa shape index (κ3) is 3.30. The summed E-state index contributed by atoms with van der Waals surface area (Å²) in [5, 5.41) is 3.97. The SMILES string of the molecule is Cc1noc(C)c1C(=O)N1C[C@@H](COCC(C)C)[C@@H]2COc3ccccc3[C@@H]21. The van der Waals surface area contributed by atoms with E-state index in [1.165, 1.54) is 0 Å². The monoisotopic (exact) mass is 384 g/mol. The number of ether oxygens (including phenoxy) is 2. The molecule has 150 valence electrons. The topological polar surface area (TPSA) is 64.8 Å². The van der Waals surface area contributed by atoms with Crippen LogP contribution in [-0.2, 0) is 4.74 Å². The lowest BCUT2D eigenvalue weighted by atomic mass is 9.85. The van der Waals surface area contributed by atoms with E-state index in [2.05, 4.69) is 25.1 Å². The van der Waals surface area contributed by atoms with Gasteiger partial charge in [0.1, 0.15) is 17.1 Å².